The van der Waals surface area contributed by atoms with Crippen molar-refractivity contribution in [3.8, 4) is 5.75 Å². The van der Waals surface area contributed by atoms with E-state index in [4.69, 9.17) is 16.3 Å². The van der Waals surface area contributed by atoms with Crippen molar-refractivity contribution in [2.75, 3.05) is 11.1 Å². The molecule has 8 heteroatoms. The van der Waals surface area contributed by atoms with Crippen LogP contribution in [0.5, 0.6) is 5.75 Å². The molecular weight excluding hydrogens is 396 g/mol. The lowest BCUT2D eigenvalue weighted by Crippen LogP contribution is -2.14. The van der Waals surface area contributed by atoms with Crippen LogP contribution in [0, 0.1) is 13.8 Å². The third kappa shape index (κ3) is 5.05. The smallest absolute Gasteiger partial charge is 0.234 e. The maximum absolute atomic E-state index is 12.2. The molecule has 28 heavy (non-hydrogen) atoms. The Morgan fingerprint density at radius 3 is 2.71 bits per heavy atom. The fourth-order valence-corrected chi connectivity index (χ4v) is 3.34. The second-order valence-electron chi connectivity index (χ2n) is 6.31. The van der Waals surface area contributed by atoms with E-state index in [1.165, 1.54) is 22.9 Å². The highest BCUT2D eigenvalue weighted by molar-refractivity contribution is 7.99. The molecule has 3 rings (SSSR count). The van der Waals surface area contributed by atoms with E-state index in [-0.39, 0.29) is 11.7 Å². The van der Waals surface area contributed by atoms with Crippen molar-refractivity contribution >= 4 is 35.0 Å². The lowest BCUT2D eigenvalue weighted by atomic mass is 10.1. The molecule has 3 aromatic rings. The number of ether oxygens (including phenoxy) is 1. The molecule has 0 saturated heterocycles. The molecule has 2 aromatic carbocycles. The summed E-state index contributed by atoms with van der Waals surface area (Å²) in [5.41, 5.74) is 2.99. The van der Waals surface area contributed by atoms with E-state index in [1.54, 1.807) is 12.1 Å². The zero-order chi connectivity index (χ0) is 20.1. The molecule has 1 heterocycles. The number of hydrogen-bond donors (Lipinski definition) is 1. The van der Waals surface area contributed by atoms with Crippen LogP contribution in [0.25, 0.3) is 0 Å². The van der Waals surface area contributed by atoms with Crippen molar-refractivity contribution in [1.82, 2.24) is 14.8 Å². The number of carbonyl (C=O) groups is 1. The van der Waals surface area contributed by atoms with Crippen LogP contribution in [0.1, 0.15) is 17.0 Å². The van der Waals surface area contributed by atoms with Crippen molar-refractivity contribution in [1.29, 1.82) is 0 Å². The standard InChI is InChI=1S/C20H21ClN4O2S/c1-13-8-9-15(10-14(13)2)27-11-18-23-24-20(25(18)3)28-12-19(26)22-17-7-5-4-6-16(17)21/h4-10H,11-12H2,1-3H3,(H,22,26). The Morgan fingerprint density at radius 1 is 1.18 bits per heavy atom. The Kier molecular flexibility index (Phi) is 6.59. The molecule has 0 saturated carbocycles. The summed E-state index contributed by atoms with van der Waals surface area (Å²) >= 11 is 7.36. The number of aryl methyl sites for hydroxylation is 2. The van der Waals surface area contributed by atoms with Gasteiger partial charge in [-0.1, -0.05) is 41.6 Å². The molecule has 0 aliphatic carbocycles. The molecule has 146 valence electrons. The first-order valence-electron chi connectivity index (χ1n) is 8.69. The highest BCUT2D eigenvalue weighted by Crippen LogP contribution is 2.22. The van der Waals surface area contributed by atoms with E-state index < -0.39 is 0 Å². The number of halogens is 1. The average Bonchev–Trinajstić information content (AvgIpc) is 3.03. The molecule has 1 N–H and O–H groups in total. The Bertz CT molecular complexity index is 990. The maximum atomic E-state index is 12.2. The number of para-hydroxylation sites is 1. The fourth-order valence-electron chi connectivity index (χ4n) is 2.43. The third-order valence-electron chi connectivity index (χ3n) is 4.25. The predicted octanol–water partition coefficient (Wildman–Crippen LogP) is 4.40. The van der Waals surface area contributed by atoms with Gasteiger partial charge in [-0.25, -0.2) is 0 Å². The fraction of sp³-hybridized carbons (Fsp3) is 0.250. The summed E-state index contributed by atoms with van der Waals surface area (Å²) in [6.45, 7) is 4.42. The van der Waals surface area contributed by atoms with Gasteiger partial charge >= 0.3 is 0 Å². The first kappa shape index (κ1) is 20.2. The molecule has 0 atom stereocenters. The van der Waals surface area contributed by atoms with Crippen LogP contribution in [0.2, 0.25) is 5.02 Å². The van der Waals surface area contributed by atoms with Gasteiger partial charge in [0.25, 0.3) is 0 Å². The summed E-state index contributed by atoms with van der Waals surface area (Å²) in [7, 11) is 1.85. The number of aromatic nitrogens is 3. The van der Waals surface area contributed by atoms with E-state index >= 15 is 0 Å². The van der Waals surface area contributed by atoms with Gasteiger partial charge in [0, 0.05) is 7.05 Å². The van der Waals surface area contributed by atoms with Gasteiger partial charge in [-0.3, -0.25) is 4.79 Å². The summed E-state index contributed by atoms with van der Waals surface area (Å²) in [5.74, 6) is 1.52. The van der Waals surface area contributed by atoms with Gasteiger partial charge in [0.2, 0.25) is 5.91 Å². The minimum atomic E-state index is -0.158. The number of anilines is 1. The second kappa shape index (κ2) is 9.12. The minimum absolute atomic E-state index is 0.158. The number of thioether (sulfide) groups is 1. The quantitative estimate of drug-likeness (QED) is 0.578. The summed E-state index contributed by atoms with van der Waals surface area (Å²) in [6.07, 6.45) is 0. The maximum Gasteiger partial charge on any atom is 0.234 e. The summed E-state index contributed by atoms with van der Waals surface area (Å²) in [4.78, 5) is 12.2. The molecule has 0 radical (unpaired) electrons. The third-order valence-corrected chi connectivity index (χ3v) is 5.60. The largest absolute Gasteiger partial charge is 0.486 e. The predicted molar refractivity (Wildman–Crippen MR) is 112 cm³/mol. The van der Waals surface area contributed by atoms with Crippen LogP contribution in [-0.2, 0) is 18.4 Å². The topological polar surface area (TPSA) is 69.0 Å². The first-order valence-corrected chi connectivity index (χ1v) is 10.1. The molecule has 6 nitrogen and oxygen atoms in total. The van der Waals surface area contributed by atoms with Crippen LogP contribution in [0.4, 0.5) is 5.69 Å². The number of hydrogen-bond acceptors (Lipinski definition) is 5. The highest BCUT2D eigenvalue weighted by atomic mass is 35.5. The minimum Gasteiger partial charge on any atom is -0.486 e. The molecule has 1 amide bonds. The zero-order valence-electron chi connectivity index (χ0n) is 15.9. The molecule has 0 spiro atoms. The zero-order valence-corrected chi connectivity index (χ0v) is 17.5. The van der Waals surface area contributed by atoms with E-state index in [0.717, 1.165) is 5.75 Å². The summed E-state index contributed by atoms with van der Waals surface area (Å²) < 4.78 is 7.64. The van der Waals surface area contributed by atoms with Gasteiger partial charge in [-0.2, -0.15) is 0 Å². The van der Waals surface area contributed by atoms with Crippen LogP contribution in [-0.4, -0.2) is 26.4 Å². The van der Waals surface area contributed by atoms with Crippen molar-refractivity contribution in [2.45, 2.75) is 25.6 Å². The van der Waals surface area contributed by atoms with E-state index in [1.807, 2.05) is 48.9 Å². The lowest BCUT2D eigenvalue weighted by molar-refractivity contribution is -0.113. The molecule has 1 aromatic heterocycles. The van der Waals surface area contributed by atoms with Gasteiger partial charge in [-0.05, 0) is 49.2 Å². The van der Waals surface area contributed by atoms with Crippen molar-refractivity contribution < 1.29 is 9.53 Å². The Labute approximate surface area is 173 Å². The van der Waals surface area contributed by atoms with E-state index in [0.29, 0.717) is 28.3 Å². The van der Waals surface area contributed by atoms with Gasteiger partial charge < -0.3 is 14.6 Å². The molecule has 0 bridgehead atoms. The average molecular weight is 417 g/mol. The molecule has 0 aliphatic rings. The van der Waals surface area contributed by atoms with Gasteiger partial charge in [0.15, 0.2) is 11.0 Å². The van der Waals surface area contributed by atoms with E-state index in [2.05, 4.69) is 22.4 Å². The van der Waals surface area contributed by atoms with Gasteiger partial charge in [0.05, 0.1) is 16.5 Å². The number of amides is 1. The van der Waals surface area contributed by atoms with Crippen LogP contribution in [0.15, 0.2) is 47.6 Å². The number of benzene rings is 2. The van der Waals surface area contributed by atoms with Gasteiger partial charge in [0.1, 0.15) is 12.4 Å². The van der Waals surface area contributed by atoms with Crippen LogP contribution in [0.3, 0.4) is 0 Å². The SMILES string of the molecule is Cc1ccc(OCc2nnc(SCC(=O)Nc3ccccc3Cl)n2C)cc1C. The summed E-state index contributed by atoms with van der Waals surface area (Å²) in [5, 5.41) is 12.2. The van der Waals surface area contributed by atoms with Crippen molar-refractivity contribution in [3.05, 3.63) is 64.4 Å². The highest BCUT2D eigenvalue weighted by Gasteiger charge is 2.13. The molecule has 0 aliphatic heterocycles. The second-order valence-corrected chi connectivity index (χ2v) is 7.66. The van der Waals surface area contributed by atoms with Crippen molar-refractivity contribution in [2.24, 2.45) is 7.05 Å². The number of rotatable bonds is 7. The Hall–Kier alpha value is -2.51. The monoisotopic (exact) mass is 416 g/mol. The normalized spacial score (nSPS) is 10.7. The molecule has 0 fully saturated rings. The Morgan fingerprint density at radius 2 is 1.96 bits per heavy atom. The van der Waals surface area contributed by atoms with Crippen molar-refractivity contribution in [3.63, 3.8) is 0 Å². The summed E-state index contributed by atoms with van der Waals surface area (Å²) in [6, 6.07) is 13.1. The lowest BCUT2D eigenvalue weighted by Gasteiger charge is -2.09. The number of carbonyl (C=O) groups excluding carboxylic acids is 1. The van der Waals surface area contributed by atoms with Crippen LogP contribution < -0.4 is 10.1 Å². The Balaban J connectivity index is 1.54. The van der Waals surface area contributed by atoms with Crippen LogP contribution >= 0.6 is 23.4 Å². The first-order chi connectivity index (χ1) is 13.4. The molecular formula is C20H21ClN4O2S. The molecule has 0 unspecified atom stereocenters. The van der Waals surface area contributed by atoms with Gasteiger partial charge in [-0.15, -0.1) is 10.2 Å². The van der Waals surface area contributed by atoms with E-state index in [9.17, 15) is 4.79 Å². The number of nitrogens with zero attached hydrogens (tertiary/aromatic N) is 3. The number of nitrogens with one attached hydrogen (secondary N) is 1.